The molecule has 1 aliphatic rings. The SMILES string of the molecule is COC[C@H]1C[C@H](Oc2cccc(CS(=O)(=O)c3ccccc3OC)c2)CN1C(=O)c1cc(C)ccc1C. The van der Waals surface area contributed by atoms with Crippen molar-refractivity contribution in [1.29, 1.82) is 0 Å². The number of sulfone groups is 1. The lowest BCUT2D eigenvalue weighted by molar-refractivity contribution is 0.0624. The first-order chi connectivity index (χ1) is 17.7. The molecule has 8 heteroatoms. The molecule has 196 valence electrons. The Balaban J connectivity index is 1.50. The number of methoxy groups -OCH3 is 2. The summed E-state index contributed by atoms with van der Waals surface area (Å²) < 4.78 is 43.1. The van der Waals surface area contributed by atoms with E-state index in [0.29, 0.717) is 42.2 Å². The number of benzene rings is 3. The van der Waals surface area contributed by atoms with Gasteiger partial charge in [-0.3, -0.25) is 4.79 Å². The van der Waals surface area contributed by atoms with Crippen LogP contribution in [0.2, 0.25) is 0 Å². The highest BCUT2D eigenvalue weighted by Gasteiger charge is 2.37. The number of carbonyl (C=O) groups excluding carboxylic acids is 1. The molecule has 1 saturated heterocycles. The van der Waals surface area contributed by atoms with E-state index < -0.39 is 9.84 Å². The monoisotopic (exact) mass is 523 g/mol. The highest BCUT2D eigenvalue weighted by molar-refractivity contribution is 7.90. The number of likely N-dealkylation sites (tertiary alicyclic amines) is 1. The predicted molar refractivity (Wildman–Crippen MR) is 142 cm³/mol. The molecule has 7 nitrogen and oxygen atoms in total. The Morgan fingerprint density at radius 3 is 2.54 bits per heavy atom. The van der Waals surface area contributed by atoms with Gasteiger partial charge in [-0.25, -0.2) is 8.42 Å². The number of aryl methyl sites for hydroxylation is 2. The third-order valence-electron chi connectivity index (χ3n) is 6.58. The van der Waals surface area contributed by atoms with E-state index in [9.17, 15) is 13.2 Å². The maximum atomic E-state index is 13.4. The number of rotatable bonds is 9. The van der Waals surface area contributed by atoms with Crippen molar-refractivity contribution in [3.63, 3.8) is 0 Å². The fraction of sp³-hybridized carbons (Fsp3) is 0.345. The second-order valence-corrected chi connectivity index (χ2v) is 11.4. The lowest BCUT2D eigenvalue weighted by Gasteiger charge is -2.24. The highest BCUT2D eigenvalue weighted by atomic mass is 32.2. The summed E-state index contributed by atoms with van der Waals surface area (Å²) in [5.74, 6) is 0.665. The zero-order valence-electron chi connectivity index (χ0n) is 21.6. The van der Waals surface area contributed by atoms with Crippen molar-refractivity contribution < 1.29 is 27.4 Å². The van der Waals surface area contributed by atoms with Gasteiger partial charge in [0.1, 0.15) is 22.5 Å². The van der Waals surface area contributed by atoms with Crippen molar-refractivity contribution in [3.8, 4) is 11.5 Å². The molecule has 1 heterocycles. The van der Waals surface area contributed by atoms with Gasteiger partial charge >= 0.3 is 0 Å². The summed E-state index contributed by atoms with van der Waals surface area (Å²) in [6, 6.07) is 19.4. The highest BCUT2D eigenvalue weighted by Crippen LogP contribution is 2.29. The van der Waals surface area contributed by atoms with Gasteiger partial charge in [0.2, 0.25) is 0 Å². The zero-order chi connectivity index (χ0) is 26.6. The van der Waals surface area contributed by atoms with E-state index in [1.165, 1.54) is 7.11 Å². The summed E-state index contributed by atoms with van der Waals surface area (Å²) in [6.45, 7) is 4.74. The van der Waals surface area contributed by atoms with Crippen LogP contribution in [-0.4, -0.2) is 58.7 Å². The second kappa shape index (κ2) is 11.4. The van der Waals surface area contributed by atoms with Crippen molar-refractivity contribution in [2.45, 2.75) is 43.1 Å². The second-order valence-electron chi connectivity index (χ2n) is 9.42. The molecule has 0 aliphatic carbocycles. The molecular formula is C29H33NO6S. The van der Waals surface area contributed by atoms with Crippen molar-refractivity contribution in [1.82, 2.24) is 4.90 Å². The summed E-state index contributed by atoms with van der Waals surface area (Å²) in [6.07, 6.45) is 0.379. The number of nitrogens with zero attached hydrogens (tertiary/aromatic N) is 1. The average Bonchev–Trinajstić information content (AvgIpc) is 3.27. The van der Waals surface area contributed by atoms with Gasteiger partial charge in [0.05, 0.1) is 32.1 Å². The lowest BCUT2D eigenvalue weighted by atomic mass is 10.0. The Morgan fingerprint density at radius 1 is 1.00 bits per heavy atom. The van der Waals surface area contributed by atoms with Crippen LogP contribution in [0.5, 0.6) is 11.5 Å². The van der Waals surface area contributed by atoms with Crippen LogP contribution in [0.3, 0.4) is 0 Å². The van der Waals surface area contributed by atoms with Gasteiger partial charge in [0, 0.05) is 19.1 Å². The largest absolute Gasteiger partial charge is 0.495 e. The van der Waals surface area contributed by atoms with Crippen LogP contribution in [0.4, 0.5) is 0 Å². The van der Waals surface area contributed by atoms with Crippen LogP contribution < -0.4 is 9.47 Å². The van der Waals surface area contributed by atoms with E-state index in [1.807, 2.05) is 36.9 Å². The maximum absolute atomic E-state index is 13.4. The van der Waals surface area contributed by atoms with Crippen molar-refractivity contribution >= 4 is 15.7 Å². The number of amides is 1. The fourth-order valence-corrected chi connectivity index (χ4v) is 6.27. The Kier molecular flexibility index (Phi) is 8.19. The molecule has 4 rings (SSSR count). The minimum absolute atomic E-state index is 0.0361. The molecule has 1 aliphatic heterocycles. The molecule has 3 aromatic carbocycles. The number of para-hydroxylation sites is 1. The van der Waals surface area contributed by atoms with E-state index in [4.69, 9.17) is 14.2 Å². The summed E-state index contributed by atoms with van der Waals surface area (Å²) in [4.78, 5) is 15.4. The normalized spacial score (nSPS) is 17.6. The molecule has 0 bridgehead atoms. The minimum Gasteiger partial charge on any atom is -0.495 e. The standard InChI is InChI=1S/C29H33NO6S/c1-20-12-13-21(2)26(14-20)29(31)30-17-25(16-23(30)18-34-3)36-24-9-7-8-22(15-24)19-37(32,33)28-11-6-5-10-27(28)35-4/h5-15,23,25H,16-19H2,1-4H3/t23-,25+/m1/s1. The Hall–Kier alpha value is -3.36. The molecule has 0 unspecified atom stereocenters. The van der Waals surface area contributed by atoms with E-state index in [-0.39, 0.29) is 28.7 Å². The zero-order valence-corrected chi connectivity index (χ0v) is 22.5. The number of carbonyl (C=O) groups is 1. The van der Waals surface area contributed by atoms with Gasteiger partial charge in [0.15, 0.2) is 9.84 Å². The van der Waals surface area contributed by atoms with Gasteiger partial charge in [-0.15, -0.1) is 0 Å². The van der Waals surface area contributed by atoms with Gasteiger partial charge in [-0.2, -0.15) is 0 Å². The smallest absolute Gasteiger partial charge is 0.254 e. The first kappa shape index (κ1) is 26.7. The molecule has 1 amide bonds. The van der Waals surface area contributed by atoms with Crippen LogP contribution >= 0.6 is 0 Å². The first-order valence-corrected chi connectivity index (χ1v) is 13.9. The first-order valence-electron chi connectivity index (χ1n) is 12.2. The van der Waals surface area contributed by atoms with Gasteiger partial charge in [0.25, 0.3) is 5.91 Å². The van der Waals surface area contributed by atoms with Gasteiger partial charge in [-0.05, 0) is 55.3 Å². The van der Waals surface area contributed by atoms with E-state index in [2.05, 4.69) is 0 Å². The minimum atomic E-state index is -3.62. The molecule has 1 fully saturated rings. The van der Waals surface area contributed by atoms with Gasteiger partial charge < -0.3 is 19.1 Å². The number of ether oxygens (including phenoxy) is 3. The predicted octanol–water partition coefficient (Wildman–Crippen LogP) is 4.59. The van der Waals surface area contributed by atoms with Crippen molar-refractivity contribution in [2.24, 2.45) is 0 Å². The van der Waals surface area contributed by atoms with Crippen LogP contribution in [0.1, 0.15) is 33.5 Å². The molecule has 0 saturated carbocycles. The molecule has 37 heavy (non-hydrogen) atoms. The summed E-state index contributed by atoms with van der Waals surface area (Å²) in [7, 11) is -0.545. The average molecular weight is 524 g/mol. The molecule has 3 aromatic rings. The Morgan fingerprint density at radius 2 is 1.78 bits per heavy atom. The fourth-order valence-electron chi connectivity index (χ4n) is 4.75. The lowest BCUT2D eigenvalue weighted by Crippen LogP contribution is -2.39. The summed E-state index contributed by atoms with van der Waals surface area (Å²) >= 11 is 0. The molecule has 0 N–H and O–H groups in total. The topological polar surface area (TPSA) is 82.1 Å². The molecule has 0 radical (unpaired) electrons. The third-order valence-corrected chi connectivity index (χ3v) is 8.30. The van der Waals surface area contributed by atoms with Crippen LogP contribution in [-0.2, 0) is 20.3 Å². The van der Waals surface area contributed by atoms with Crippen LogP contribution in [0.25, 0.3) is 0 Å². The molecule has 0 aromatic heterocycles. The van der Waals surface area contributed by atoms with E-state index in [1.54, 1.807) is 55.6 Å². The Bertz CT molecular complexity index is 1370. The third kappa shape index (κ3) is 6.14. The molecular weight excluding hydrogens is 490 g/mol. The maximum Gasteiger partial charge on any atom is 0.254 e. The number of hydrogen-bond donors (Lipinski definition) is 0. The quantitative estimate of drug-likeness (QED) is 0.408. The molecule has 0 spiro atoms. The van der Waals surface area contributed by atoms with Crippen molar-refractivity contribution in [3.05, 3.63) is 89.0 Å². The number of hydrogen-bond acceptors (Lipinski definition) is 6. The Labute approximate surface area is 218 Å². The summed E-state index contributed by atoms with van der Waals surface area (Å²) in [5.41, 5.74) is 3.26. The van der Waals surface area contributed by atoms with Crippen LogP contribution in [0.15, 0.2) is 71.6 Å². The van der Waals surface area contributed by atoms with E-state index in [0.717, 1.165) is 11.1 Å². The summed E-state index contributed by atoms with van der Waals surface area (Å²) in [5, 5.41) is 0. The molecule has 2 atom stereocenters. The van der Waals surface area contributed by atoms with Crippen LogP contribution in [0, 0.1) is 13.8 Å². The van der Waals surface area contributed by atoms with E-state index >= 15 is 0 Å². The van der Waals surface area contributed by atoms with Gasteiger partial charge in [-0.1, -0.05) is 42.0 Å². The van der Waals surface area contributed by atoms with Crippen molar-refractivity contribution in [2.75, 3.05) is 27.4 Å².